The minimum Gasteiger partial charge on any atom is -0.463 e. The first-order valence-corrected chi connectivity index (χ1v) is 7.52. The van der Waals surface area contributed by atoms with Crippen molar-refractivity contribution in [2.45, 2.75) is 38.8 Å². The fraction of sp³-hybridized carbons (Fsp3) is 0.500. The van der Waals surface area contributed by atoms with E-state index in [1.54, 1.807) is 0 Å². The van der Waals surface area contributed by atoms with Crippen molar-refractivity contribution in [3.63, 3.8) is 0 Å². The molecule has 2 aromatic rings. The fourth-order valence-electron chi connectivity index (χ4n) is 2.57. The number of alkyl halides is 1. The molecule has 1 aliphatic heterocycles. The molecule has 1 saturated heterocycles. The third-order valence-corrected chi connectivity index (χ3v) is 3.65. The molecule has 0 aromatic carbocycles. The summed E-state index contributed by atoms with van der Waals surface area (Å²) < 4.78 is 25.9. The Morgan fingerprint density at radius 1 is 1.52 bits per heavy atom. The van der Waals surface area contributed by atoms with Crippen LogP contribution in [-0.4, -0.2) is 50.3 Å². The summed E-state index contributed by atoms with van der Waals surface area (Å²) in [4.78, 5) is 44.5. The molecule has 1 aliphatic rings. The second-order valence-electron chi connectivity index (χ2n) is 5.60. The number of esters is 1. The summed E-state index contributed by atoms with van der Waals surface area (Å²) in [5, 5.41) is 2.38. The third kappa shape index (κ3) is 3.50. The molecule has 10 nitrogen and oxygen atoms in total. The van der Waals surface area contributed by atoms with E-state index in [1.807, 2.05) is 0 Å². The van der Waals surface area contributed by atoms with E-state index in [1.165, 1.54) is 24.7 Å². The summed E-state index contributed by atoms with van der Waals surface area (Å²) in [6, 6.07) is 0. The average molecular weight is 353 g/mol. The number of imidazole rings is 1. The van der Waals surface area contributed by atoms with Crippen LogP contribution in [0.5, 0.6) is 0 Å². The lowest BCUT2D eigenvalue weighted by Gasteiger charge is -2.15. The zero-order chi connectivity index (χ0) is 18.1. The van der Waals surface area contributed by atoms with E-state index in [0.717, 1.165) is 0 Å². The topological polar surface area (TPSA) is 128 Å². The maximum absolute atomic E-state index is 14.1. The standard InChI is InChI=1S/C14H16FN5O5/c1-6(21)17-14-18-12-11(13(23)19-14)16-5-20(12)10-3-8(15)9(25-10)4-24-7(2)22/h5,8-10H,3-4H2,1-2H3,(H2,17,18,19,21,23)/t8-,9+,10+/m0/s1. The molecule has 25 heavy (non-hydrogen) atoms. The van der Waals surface area contributed by atoms with Crippen molar-refractivity contribution >= 4 is 29.0 Å². The fourth-order valence-corrected chi connectivity index (χ4v) is 2.57. The maximum atomic E-state index is 14.1. The highest BCUT2D eigenvalue weighted by atomic mass is 19.1. The van der Waals surface area contributed by atoms with Crippen LogP contribution in [-0.2, 0) is 19.1 Å². The molecule has 3 rings (SSSR count). The van der Waals surface area contributed by atoms with Crippen LogP contribution in [0.25, 0.3) is 11.2 Å². The lowest BCUT2D eigenvalue weighted by molar-refractivity contribution is -0.146. The van der Waals surface area contributed by atoms with Gasteiger partial charge in [0.2, 0.25) is 11.9 Å². The highest BCUT2D eigenvalue weighted by Crippen LogP contribution is 2.32. The number of hydrogen-bond donors (Lipinski definition) is 2. The molecule has 1 amide bonds. The van der Waals surface area contributed by atoms with Crippen LogP contribution in [0.15, 0.2) is 11.1 Å². The van der Waals surface area contributed by atoms with E-state index in [4.69, 9.17) is 9.47 Å². The molecule has 0 bridgehead atoms. The molecule has 0 radical (unpaired) electrons. The first-order chi connectivity index (χ1) is 11.8. The molecular weight excluding hydrogens is 337 g/mol. The van der Waals surface area contributed by atoms with Crippen molar-refractivity contribution in [1.82, 2.24) is 19.5 Å². The summed E-state index contributed by atoms with van der Waals surface area (Å²) in [5.41, 5.74) is -0.354. The van der Waals surface area contributed by atoms with Crippen molar-refractivity contribution in [3.05, 3.63) is 16.7 Å². The monoisotopic (exact) mass is 353 g/mol. The summed E-state index contributed by atoms with van der Waals surface area (Å²) in [6.07, 6.45) is -1.72. The number of ether oxygens (including phenoxy) is 2. The third-order valence-electron chi connectivity index (χ3n) is 3.65. The summed E-state index contributed by atoms with van der Waals surface area (Å²) >= 11 is 0. The van der Waals surface area contributed by atoms with E-state index >= 15 is 0 Å². The molecule has 11 heteroatoms. The number of aromatic amines is 1. The maximum Gasteiger partial charge on any atom is 0.302 e. The van der Waals surface area contributed by atoms with Crippen molar-refractivity contribution < 1.29 is 23.5 Å². The SMILES string of the molecule is CC(=O)Nc1nc2c(ncn2[C@H]2C[C@H](F)[C@@H](COC(C)=O)O2)c(=O)[nH]1. The van der Waals surface area contributed by atoms with Crippen LogP contribution in [0.3, 0.4) is 0 Å². The number of aromatic nitrogens is 4. The molecule has 3 heterocycles. The quantitative estimate of drug-likeness (QED) is 0.755. The number of rotatable bonds is 4. The second kappa shape index (κ2) is 6.59. The van der Waals surface area contributed by atoms with E-state index in [0.29, 0.717) is 0 Å². The molecule has 0 unspecified atom stereocenters. The van der Waals surface area contributed by atoms with E-state index in [-0.39, 0.29) is 30.1 Å². The number of H-pyrrole nitrogens is 1. The number of fused-ring (bicyclic) bond motifs is 1. The van der Waals surface area contributed by atoms with Gasteiger partial charge in [0.25, 0.3) is 5.56 Å². The first kappa shape index (κ1) is 17.0. The molecule has 0 aliphatic carbocycles. The van der Waals surface area contributed by atoms with Crippen LogP contribution >= 0.6 is 0 Å². The molecule has 134 valence electrons. The lowest BCUT2D eigenvalue weighted by atomic mass is 10.2. The van der Waals surface area contributed by atoms with Crippen molar-refractivity contribution in [2.75, 3.05) is 11.9 Å². The molecule has 0 saturated carbocycles. The second-order valence-corrected chi connectivity index (χ2v) is 5.60. The normalized spacial score (nSPS) is 22.9. The molecule has 2 aromatic heterocycles. The van der Waals surface area contributed by atoms with E-state index in [9.17, 15) is 18.8 Å². The van der Waals surface area contributed by atoms with Gasteiger partial charge in [-0.1, -0.05) is 0 Å². The predicted octanol–water partition coefficient (Wildman–Crippen LogP) is 0.267. The summed E-state index contributed by atoms with van der Waals surface area (Å²) in [7, 11) is 0. The Kier molecular flexibility index (Phi) is 4.49. The molecule has 1 fully saturated rings. The van der Waals surface area contributed by atoms with Gasteiger partial charge in [-0.15, -0.1) is 0 Å². The molecule has 3 atom stereocenters. The number of carbonyl (C=O) groups is 2. The minimum absolute atomic E-state index is 0.0126. The van der Waals surface area contributed by atoms with Gasteiger partial charge in [0.05, 0.1) is 6.33 Å². The molecule has 0 spiro atoms. The Labute approximate surface area is 140 Å². The van der Waals surface area contributed by atoms with Gasteiger partial charge in [0.15, 0.2) is 11.2 Å². The molecular formula is C14H16FN5O5. The van der Waals surface area contributed by atoms with Gasteiger partial charge >= 0.3 is 5.97 Å². The van der Waals surface area contributed by atoms with Crippen LogP contribution in [0, 0.1) is 0 Å². The smallest absolute Gasteiger partial charge is 0.302 e. The summed E-state index contributed by atoms with van der Waals surface area (Å²) in [5.74, 6) is -0.977. The van der Waals surface area contributed by atoms with Gasteiger partial charge in [-0.2, -0.15) is 4.98 Å². The van der Waals surface area contributed by atoms with Gasteiger partial charge < -0.3 is 9.47 Å². The minimum atomic E-state index is -1.35. The van der Waals surface area contributed by atoms with Crippen LogP contribution < -0.4 is 10.9 Å². The Balaban J connectivity index is 1.88. The zero-order valence-corrected chi connectivity index (χ0v) is 13.5. The number of nitrogens with zero attached hydrogens (tertiary/aromatic N) is 3. The largest absolute Gasteiger partial charge is 0.463 e. The first-order valence-electron chi connectivity index (χ1n) is 7.52. The van der Waals surface area contributed by atoms with Crippen LogP contribution in [0.2, 0.25) is 0 Å². The van der Waals surface area contributed by atoms with Gasteiger partial charge in [0.1, 0.15) is 25.1 Å². The highest BCUT2D eigenvalue weighted by Gasteiger charge is 2.38. The lowest BCUT2D eigenvalue weighted by Crippen LogP contribution is -2.24. The Bertz CT molecular complexity index is 878. The molecule has 2 N–H and O–H groups in total. The van der Waals surface area contributed by atoms with Crippen molar-refractivity contribution in [1.29, 1.82) is 0 Å². The van der Waals surface area contributed by atoms with E-state index < -0.39 is 35.9 Å². The van der Waals surface area contributed by atoms with Crippen LogP contribution in [0.4, 0.5) is 10.3 Å². The number of carbonyl (C=O) groups excluding carboxylic acids is 2. The number of anilines is 1. The van der Waals surface area contributed by atoms with E-state index in [2.05, 4.69) is 20.3 Å². The van der Waals surface area contributed by atoms with Crippen LogP contribution in [0.1, 0.15) is 26.5 Å². The van der Waals surface area contributed by atoms with Gasteiger partial charge in [0, 0.05) is 20.3 Å². The van der Waals surface area contributed by atoms with Gasteiger partial charge in [-0.25, -0.2) is 9.37 Å². The van der Waals surface area contributed by atoms with Crippen molar-refractivity contribution in [2.24, 2.45) is 0 Å². The van der Waals surface area contributed by atoms with Gasteiger partial charge in [-0.05, 0) is 0 Å². The number of halogens is 1. The van der Waals surface area contributed by atoms with Crippen molar-refractivity contribution in [3.8, 4) is 0 Å². The highest BCUT2D eigenvalue weighted by molar-refractivity contribution is 5.87. The number of nitrogens with one attached hydrogen (secondary N) is 2. The number of hydrogen-bond acceptors (Lipinski definition) is 7. The average Bonchev–Trinajstić information content (AvgIpc) is 3.08. The number of amides is 1. The predicted molar refractivity (Wildman–Crippen MR) is 82.5 cm³/mol. The van der Waals surface area contributed by atoms with Gasteiger partial charge in [-0.3, -0.25) is 29.3 Å². The Hall–Kier alpha value is -2.82. The Morgan fingerprint density at radius 3 is 2.96 bits per heavy atom. The Morgan fingerprint density at radius 2 is 2.28 bits per heavy atom. The summed E-state index contributed by atoms with van der Waals surface area (Å²) in [6.45, 7) is 2.29. The zero-order valence-electron chi connectivity index (χ0n) is 13.5.